The second-order valence-corrected chi connectivity index (χ2v) is 7.78. The van der Waals surface area contributed by atoms with E-state index in [1.54, 1.807) is 42.5 Å². The van der Waals surface area contributed by atoms with E-state index in [0.717, 1.165) is 11.1 Å². The quantitative estimate of drug-likeness (QED) is 0.285. The van der Waals surface area contributed by atoms with Crippen LogP contribution in [-0.2, 0) is 11.3 Å². The highest BCUT2D eigenvalue weighted by Crippen LogP contribution is 2.32. The molecule has 0 radical (unpaired) electrons. The summed E-state index contributed by atoms with van der Waals surface area (Å²) in [6.07, 6.45) is 3.43. The van der Waals surface area contributed by atoms with Gasteiger partial charge in [-0.25, -0.2) is 13.2 Å². The number of ether oxygens (including phenoxy) is 1. The Morgan fingerprint density at radius 3 is 1.88 bits per heavy atom. The van der Waals surface area contributed by atoms with E-state index >= 15 is 0 Å². The van der Waals surface area contributed by atoms with Gasteiger partial charge in [-0.1, -0.05) is 72.8 Å². The van der Waals surface area contributed by atoms with Crippen LogP contribution in [0.2, 0.25) is 0 Å². The van der Waals surface area contributed by atoms with E-state index in [9.17, 15) is 18.3 Å². The standard InChI is InChI=1S/C29H23F3O2/c1-2-34-18-20-6-10-23(27(30)17-20)9-5-19-3-7-21(8-4-19)25-15-16-26(29(32)28(25)31)22-11-13-24(33)14-12-22/h3-17,33H,2,18H2,1H3/b9-5+. The Morgan fingerprint density at radius 2 is 1.32 bits per heavy atom. The van der Waals surface area contributed by atoms with Gasteiger partial charge in [0.25, 0.3) is 0 Å². The summed E-state index contributed by atoms with van der Waals surface area (Å²) in [5.74, 6) is -2.17. The molecule has 1 N–H and O–H groups in total. The Bertz CT molecular complexity index is 1310. The SMILES string of the molecule is CCOCc1ccc(/C=C/c2ccc(-c3ccc(-c4ccc(O)cc4)c(F)c3F)cc2)c(F)c1. The number of hydrogen-bond acceptors (Lipinski definition) is 2. The molecule has 0 amide bonds. The molecular formula is C29H23F3O2. The molecule has 4 aromatic carbocycles. The van der Waals surface area contributed by atoms with E-state index in [4.69, 9.17) is 4.74 Å². The molecule has 0 heterocycles. The molecule has 34 heavy (non-hydrogen) atoms. The molecule has 0 aliphatic heterocycles. The molecule has 0 aromatic heterocycles. The highest BCUT2D eigenvalue weighted by molar-refractivity contribution is 5.75. The first-order chi connectivity index (χ1) is 16.5. The van der Waals surface area contributed by atoms with Crippen LogP contribution in [0.15, 0.2) is 78.9 Å². The van der Waals surface area contributed by atoms with Crippen molar-refractivity contribution in [2.75, 3.05) is 6.61 Å². The molecule has 0 saturated heterocycles. The monoisotopic (exact) mass is 460 g/mol. The highest BCUT2D eigenvalue weighted by atomic mass is 19.2. The van der Waals surface area contributed by atoms with E-state index in [0.29, 0.717) is 29.9 Å². The average molecular weight is 460 g/mol. The Labute approximate surface area is 196 Å². The van der Waals surface area contributed by atoms with Crippen molar-refractivity contribution in [3.05, 3.63) is 113 Å². The molecule has 172 valence electrons. The zero-order valence-corrected chi connectivity index (χ0v) is 18.6. The lowest BCUT2D eigenvalue weighted by molar-refractivity contribution is 0.134. The van der Waals surface area contributed by atoms with E-state index < -0.39 is 11.6 Å². The van der Waals surface area contributed by atoms with Gasteiger partial charge in [0.05, 0.1) is 6.61 Å². The zero-order chi connectivity index (χ0) is 24.1. The summed E-state index contributed by atoms with van der Waals surface area (Å²) >= 11 is 0. The summed E-state index contributed by atoms with van der Waals surface area (Å²) < 4.78 is 49.2. The van der Waals surface area contributed by atoms with Crippen molar-refractivity contribution < 1.29 is 23.0 Å². The number of halogens is 3. The van der Waals surface area contributed by atoms with Crippen molar-refractivity contribution in [2.45, 2.75) is 13.5 Å². The third-order valence-electron chi connectivity index (χ3n) is 5.48. The van der Waals surface area contributed by atoms with Crippen molar-refractivity contribution >= 4 is 12.2 Å². The smallest absolute Gasteiger partial charge is 0.167 e. The first-order valence-corrected chi connectivity index (χ1v) is 10.9. The molecule has 4 rings (SSSR count). The minimum atomic E-state index is -0.949. The van der Waals surface area contributed by atoms with Gasteiger partial charge in [0.15, 0.2) is 11.6 Å². The summed E-state index contributed by atoms with van der Waals surface area (Å²) in [6.45, 7) is 2.82. The van der Waals surface area contributed by atoms with Gasteiger partial charge in [-0.3, -0.25) is 0 Å². The van der Waals surface area contributed by atoms with Gasteiger partial charge in [0.1, 0.15) is 11.6 Å². The Kier molecular flexibility index (Phi) is 7.14. The fraction of sp³-hybridized carbons (Fsp3) is 0.103. The molecule has 5 heteroatoms. The summed E-state index contributed by atoms with van der Waals surface area (Å²) in [5, 5.41) is 9.40. The molecule has 0 atom stereocenters. The molecule has 2 nitrogen and oxygen atoms in total. The largest absolute Gasteiger partial charge is 0.508 e. The van der Waals surface area contributed by atoms with Crippen LogP contribution in [0.5, 0.6) is 5.75 Å². The molecule has 0 saturated carbocycles. The van der Waals surface area contributed by atoms with E-state index in [1.165, 1.54) is 42.5 Å². The number of hydrogen-bond donors (Lipinski definition) is 1. The van der Waals surface area contributed by atoms with Crippen LogP contribution < -0.4 is 0 Å². The normalized spacial score (nSPS) is 11.3. The molecule has 0 unspecified atom stereocenters. The minimum absolute atomic E-state index is 0.0525. The summed E-state index contributed by atoms with van der Waals surface area (Å²) in [7, 11) is 0. The van der Waals surface area contributed by atoms with Gasteiger partial charge >= 0.3 is 0 Å². The molecule has 0 aliphatic rings. The van der Waals surface area contributed by atoms with E-state index in [-0.39, 0.29) is 22.7 Å². The minimum Gasteiger partial charge on any atom is -0.508 e. The van der Waals surface area contributed by atoms with Crippen molar-refractivity contribution in [3.63, 3.8) is 0 Å². The lowest BCUT2D eigenvalue weighted by Crippen LogP contribution is -1.94. The zero-order valence-electron chi connectivity index (χ0n) is 18.6. The summed E-state index contributed by atoms with van der Waals surface area (Å²) in [6, 6.07) is 20.8. The van der Waals surface area contributed by atoms with Gasteiger partial charge < -0.3 is 9.84 Å². The molecular weight excluding hydrogens is 437 g/mol. The summed E-state index contributed by atoms with van der Waals surface area (Å²) in [4.78, 5) is 0. The van der Waals surface area contributed by atoms with Crippen molar-refractivity contribution in [1.29, 1.82) is 0 Å². The average Bonchev–Trinajstić information content (AvgIpc) is 2.85. The van der Waals surface area contributed by atoms with Gasteiger partial charge in [0, 0.05) is 23.3 Å². The number of rotatable bonds is 7. The van der Waals surface area contributed by atoms with Gasteiger partial charge in [-0.05, 0) is 47.4 Å². The van der Waals surface area contributed by atoms with E-state index in [1.807, 2.05) is 13.0 Å². The lowest BCUT2D eigenvalue weighted by Gasteiger charge is -2.10. The number of benzene rings is 4. The predicted molar refractivity (Wildman–Crippen MR) is 130 cm³/mol. The Hall–Kier alpha value is -3.83. The van der Waals surface area contributed by atoms with Crippen molar-refractivity contribution in [1.82, 2.24) is 0 Å². The topological polar surface area (TPSA) is 29.5 Å². The van der Waals surface area contributed by atoms with Crippen LogP contribution in [0.25, 0.3) is 34.4 Å². The Morgan fingerprint density at radius 1 is 0.735 bits per heavy atom. The molecule has 0 fully saturated rings. The summed E-state index contributed by atoms with van der Waals surface area (Å²) in [5.41, 5.74) is 3.27. The third kappa shape index (κ3) is 5.21. The molecule has 0 spiro atoms. The van der Waals surface area contributed by atoms with Crippen LogP contribution >= 0.6 is 0 Å². The van der Waals surface area contributed by atoms with Gasteiger partial charge in [-0.2, -0.15) is 0 Å². The fourth-order valence-electron chi connectivity index (χ4n) is 3.61. The fourth-order valence-corrected chi connectivity index (χ4v) is 3.61. The van der Waals surface area contributed by atoms with Crippen LogP contribution in [0.4, 0.5) is 13.2 Å². The van der Waals surface area contributed by atoms with Crippen LogP contribution in [0, 0.1) is 17.5 Å². The van der Waals surface area contributed by atoms with Crippen LogP contribution in [-0.4, -0.2) is 11.7 Å². The maximum Gasteiger partial charge on any atom is 0.167 e. The number of phenols is 1. The third-order valence-corrected chi connectivity index (χ3v) is 5.48. The predicted octanol–water partition coefficient (Wildman–Crippen LogP) is 7.85. The van der Waals surface area contributed by atoms with Crippen molar-refractivity contribution in [3.8, 4) is 28.0 Å². The molecule has 4 aromatic rings. The molecule has 0 aliphatic carbocycles. The van der Waals surface area contributed by atoms with Crippen LogP contribution in [0.3, 0.4) is 0 Å². The van der Waals surface area contributed by atoms with Gasteiger partial charge in [-0.15, -0.1) is 0 Å². The maximum atomic E-state index is 14.8. The molecule has 0 bridgehead atoms. The van der Waals surface area contributed by atoms with Crippen molar-refractivity contribution in [2.24, 2.45) is 0 Å². The van der Waals surface area contributed by atoms with E-state index in [2.05, 4.69) is 0 Å². The van der Waals surface area contributed by atoms with Crippen LogP contribution in [0.1, 0.15) is 23.6 Å². The van der Waals surface area contributed by atoms with Gasteiger partial charge in [0.2, 0.25) is 0 Å². The first-order valence-electron chi connectivity index (χ1n) is 10.9. The Balaban J connectivity index is 1.52. The second-order valence-electron chi connectivity index (χ2n) is 7.78. The highest BCUT2D eigenvalue weighted by Gasteiger charge is 2.16. The lowest BCUT2D eigenvalue weighted by atomic mass is 9.98. The number of phenolic OH excluding ortho intramolecular Hbond substituents is 1. The second kappa shape index (κ2) is 10.4. The first kappa shape index (κ1) is 23.3. The number of aromatic hydroxyl groups is 1. The maximum absolute atomic E-state index is 14.8.